The van der Waals surface area contributed by atoms with Gasteiger partial charge >= 0.3 is 6.03 Å². The van der Waals surface area contributed by atoms with Crippen LogP contribution in [-0.4, -0.2) is 46.9 Å². The average Bonchev–Trinajstić information content (AvgIpc) is 3.62. The SMILES string of the molecule is Cc1cc(CNC(=O)N(C2CC2)[C@@H]2CCCN(C(=O)C3(C)CC3)C2)c(F)cc1Cl. The number of halogens is 2. The van der Waals surface area contributed by atoms with Gasteiger partial charge in [-0.15, -0.1) is 0 Å². The highest BCUT2D eigenvalue weighted by Gasteiger charge is 2.48. The molecule has 1 heterocycles. The van der Waals surface area contributed by atoms with Crippen molar-refractivity contribution in [1.29, 1.82) is 0 Å². The summed E-state index contributed by atoms with van der Waals surface area (Å²) in [7, 11) is 0. The third kappa shape index (κ3) is 4.37. The Balaban J connectivity index is 1.41. The minimum atomic E-state index is -0.411. The molecule has 1 atom stereocenters. The molecule has 4 rings (SSSR count). The fraction of sp³-hybridized carbons (Fsp3) is 0.636. The highest BCUT2D eigenvalue weighted by Crippen LogP contribution is 2.47. The molecule has 1 aromatic carbocycles. The van der Waals surface area contributed by atoms with Crippen molar-refractivity contribution in [2.24, 2.45) is 5.41 Å². The van der Waals surface area contributed by atoms with Gasteiger partial charge in [0.25, 0.3) is 0 Å². The Kier molecular flexibility index (Phi) is 5.49. The van der Waals surface area contributed by atoms with E-state index in [-0.39, 0.29) is 36.0 Å². The lowest BCUT2D eigenvalue weighted by atomic mass is 10.0. The molecule has 1 N–H and O–H groups in total. The summed E-state index contributed by atoms with van der Waals surface area (Å²) in [4.78, 5) is 29.6. The third-order valence-electron chi connectivity index (χ3n) is 6.53. The van der Waals surface area contributed by atoms with E-state index in [1.165, 1.54) is 6.07 Å². The summed E-state index contributed by atoms with van der Waals surface area (Å²) in [5, 5.41) is 3.28. The van der Waals surface area contributed by atoms with E-state index in [0.29, 0.717) is 17.1 Å². The summed E-state index contributed by atoms with van der Waals surface area (Å²) >= 11 is 5.96. The van der Waals surface area contributed by atoms with Crippen molar-refractivity contribution in [3.8, 4) is 0 Å². The van der Waals surface area contributed by atoms with Crippen LogP contribution in [0.1, 0.15) is 56.6 Å². The van der Waals surface area contributed by atoms with Crippen LogP contribution in [0.15, 0.2) is 12.1 Å². The molecule has 0 aromatic heterocycles. The Labute approximate surface area is 176 Å². The fourth-order valence-corrected chi connectivity index (χ4v) is 4.40. The van der Waals surface area contributed by atoms with E-state index in [9.17, 15) is 14.0 Å². The maximum Gasteiger partial charge on any atom is 0.318 e. The normalized spacial score (nSPS) is 22.9. The zero-order valence-corrected chi connectivity index (χ0v) is 17.9. The number of carbonyl (C=O) groups excluding carboxylic acids is 2. The van der Waals surface area contributed by atoms with Gasteiger partial charge in [0.2, 0.25) is 5.91 Å². The molecule has 0 radical (unpaired) electrons. The summed E-state index contributed by atoms with van der Waals surface area (Å²) in [5.74, 6) is -0.178. The highest BCUT2D eigenvalue weighted by molar-refractivity contribution is 6.31. The molecular weight excluding hydrogens is 393 g/mol. The molecule has 158 valence electrons. The molecule has 0 spiro atoms. The number of hydrogen-bond donors (Lipinski definition) is 1. The number of urea groups is 1. The number of piperidine rings is 1. The molecule has 3 aliphatic rings. The molecule has 3 amide bonds. The van der Waals surface area contributed by atoms with Gasteiger partial charge in [-0.25, -0.2) is 9.18 Å². The van der Waals surface area contributed by atoms with Crippen LogP contribution in [0.25, 0.3) is 0 Å². The average molecular weight is 422 g/mol. The number of carbonyl (C=O) groups is 2. The van der Waals surface area contributed by atoms with E-state index in [1.807, 2.05) is 23.6 Å². The van der Waals surface area contributed by atoms with E-state index in [4.69, 9.17) is 11.6 Å². The van der Waals surface area contributed by atoms with Crippen LogP contribution < -0.4 is 5.32 Å². The van der Waals surface area contributed by atoms with Gasteiger partial charge in [-0.3, -0.25) is 4.79 Å². The molecule has 7 heteroatoms. The van der Waals surface area contributed by atoms with Crippen molar-refractivity contribution >= 4 is 23.5 Å². The lowest BCUT2D eigenvalue weighted by Crippen LogP contribution is -2.55. The Morgan fingerprint density at radius 3 is 2.66 bits per heavy atom. The summed E-state index contributed by atoms with van der Waals surface area (Å²) in [6.45, 7) is 5.36. The topological polar surface area (TPSA) is 52.7 Å². The third-order valence-corrected chi connectivity index (χ3v) is 6.93. The second kappa shape index (κ2) is 7.78. The predicted octanol–water partition coefficient (Wildman–Crippen LogP) is 4.25. The van der Waals surface area contributed by atoms with Crippen LogP contribution in [0.2, 0.25) is 5.02 Å². The molecular formula is C22H29ClFN3O2. The Bertz CT molecular complexity index is 823. The molecule has 3 fully saturated rings. The van der Waals surface area contributed by atoms with Gasteiger partial charge in [0.15, 0.2) is 0 Å². The van der Waals surface area contributed by atoms with Crippen molar-refractivity contribution in [2.75, 3.05) is 13.1 Å². The molecule has 1 aliphatic heterocycles. The molecule has 2 aliphatic carbocycles. The van der Waals surface area contributed by atoms with Crippen molar-refractivity contribution in [1.82, 2.24) is 15.1 Å². The van der Waals surface area contributed by atoms with Crippen molar-refractivity contribution in [2.45, 2.75) is 71.0 Å². The van der Waals surface area contributed by atoms with Crippen LogP contribution in [0.3, 0.4) is 0 Å². The van der Waals surface area contributed by atoms with Gasteiger partial charge in [0, 0.05) is 41.7 Å². The Morgan fingerprint density at radius 1 is 1.28 bits per heavy atom. The van der Waals surface area contributed by atoms with Crippen molar-refractivity contribution in [3.63, 3.8) is 0 Å². The standard InChI is InChI=1S/C22H29ClFN3O2/c1-14-10-15(19(24)11-18(14)23)12-25-21(29)27(16-5-6-16)17-4-3-9-26(13-17)20(28)22(2)7-8-22/h10-11,16-17H,3-9,12-13H2,1-2H3,(H,25,29)/t17-/m1/s1. The van der Waals surface area contributed by atoms with E-state index < -0.39 is 5.82 Å². The number of hydrogen-bond acceptors (Lipinski definition) is 2. The summed E-state index contributed by atoms with van der Waals surface area (Å²) < 4.78 is 14.2. The first-order valence-electron chi connectivity index (χ1n) is 10.6. The minimum Gasteiger partial charge on any atom is -0.340 e. The quantitative estimate of drug-likeness (QED) is 0.772. The Hall–Kier alpha value is -1.82. The van der Waals surface area contributed by atoms with E-state index in [2.05, 4.69) is 5.32 Å². The zero-order valence-electron chi connectivity index (χ0n) is 17.1. The molecule has 1 saturated heterocycles. The number of nitrogens with zero attached hydrogens (tertiary/aromatic N) is 2. The first-order chi connectivity index (χ1) is 13.8. The molecule has 2 saturated carbocycles. The highest BCUT2D eigenvalue weighted by atomic mass is 35.5. The number of likely N-dealkylation sites (tertiary alicyclic amines) is 1. The number of nitrogens with one attached hydrogen (secondary N) is 1. The van der Waals surface area contributed by atoms with Crippen molar-refractivity contribution in [3.05, 3.63) is 34.1 Å². The van der Waals surface area contributed by atoms with Crippen LogP contribution in [0.4, 0.5) is 9.18 Å². The number of rotatable bonds is 5. The van der Waals surface area contributed by atoms with Gasteiger partial charge < -0.3 is 15.1 Å². The van der Waals surface area contributed by atoms with Gasteiger partial charge in [-0.1, -0.05) is 18.5 Å². The van der Waals surface area contributed by atoms with Crippen LogP contribution >= 0.6 is 11.6 Å². The lowest BCUT2D eigenvalue weighted by molar-refractivity contribution is -0.138. The minimum absolute atomic E-state index is 0.0272. The maximum absolute atomic E-state index is 14.2. The van der Waals surface area contributed by atoms with Gasteiger partial charge in [-0.05, 0) is 63.1 Å². The van der Waals surface area contributed by atoms with Crippen LogP contribution in [-0.2, 0) is 11.3 Å². The second-order valence-electron chi connectivity index (χ2n) is 9.10. The van der Waals surface area contributed by atoms with Gasteiger partial charge in [0.05, 0.1) is 6.04 Å². The van der Waals surface area contributed by atoms with Crippen LogP contribution in [0.5, 0.6) is 0 Å². The van der Waals surface area contributed by atoms with E-state index in [1.54, 1.807) is 6.07 Å². The lowest BCUT2D eigenvalue weighted by Gasteiger charge is -2.40. The predicted molar refractivity (Wildman–Crippen MR) is 110 cm³/mol. The smallest absolute Gasteiger partial charge is 0.318 e. The fourth-order valence-electron chi connectivity index (χ4n) is 4.25. The summed E-state index contributed by atoms with van der Waals surface area (Å²) in [5.41, 5.74) is 1.03. The van der Waals surface area contributed by atoms with Gasteiger partial charge in [-0.2, -0.15) is 0 Å². The first-order valence-corrected chi connectivity index (χ1v) is 11.0. The van der Waals surface area contributed by atoms with Crippen LogP contribution in [0, 0.1) is 18.2 Å². The monoisotopic (exact) mass is 421 g/mol. The first kappa shape index (κ1) is 20.5. The number of benzene rings is 1. The molecule has 0 bridgehead atoms. The second-order valence-corrected chi connectivity index (χ2v) is 9.51. The van der Waals surface area contributed by atoms with Gasteiger partial charge in [0.1, 0.15) is 5.82 Å². The largest absolute Gasteiger partial charge is 0.340 e. The van der Waals surface area contributed by atoms with E-state index >= 15 is 0 Å². The maximum atomic E-state index is 14.2. The zero-order chi connectivity index (χ0) is 20.8. The number of aryl methyl sites for hydroxylation is 1. The molecule has 0 unspecified atom stereocenters. The summed E-state index contributed by atoms with van der Waals surface area (Å²) in [6, 6.07) is 3.05. The number of amides is 3. The van der Waals surface area contributed by atoms with Crippen molar-refractivity contribution < 1.29 is 14.0 Å². The molecule has 29 heavy (non-hydrogen) atoms. The summed E-state index contributed by atoms with van der Waals surface area (Å²) in [6.07, 6.45) is 5.72. The Morgan fingerprint density at radius 2 is 2.00 bits per heavy atom. The van der Waals surface area contributed by atoms with E-state index in [0.717, 1.165) is 50.6 Å². The molecule has 5 nitrogen and oxygen atoms in total. The molecule has 1 aromatic rings.